The molecule has 2 aliphatic rings. The Morgan fingerprint density at radius 3 is 0.586 bits per heavy atom. The number of H-pyrrole nitrogens is 2. The van der Waals surface area contributed by atoms with Gasteiger partial charge in [-0.15, -0.1) is 0 Å². The number of rotatable bonds is 56. The molecule has 0 saturated heterocycles. The summed E-state index contributed by atoms with van der Waals surface area (Å²) in [7, 11) is 0. The van der Waals surface area contributed by atoms with Crippen molar-refractivity contribution in [1.29, 1.82) is 0 Å². The summed E-state index contributed by atoms with van der Waals surface area (Å²) in [5, 5.41) is 0. The third-order valence-corrected chi connectivity index (χ3v) is 27.3. The van der Waals surface area contributed by atoms with Gasteiger partial charge in [0, 0.05) is 96.7 Å². The van der Waals surface area contributed by atoms with Crippen LogP contribution in [0.15, 0.2) is 121 Å². The van der Waals surface area contributed by atoms with E-state index in [0.717, 1.165) is 272 Å². The number of nitrogens with one attached hydrogen (secondary N) is 2. The first-order valence-electron chi connectivity index (χ1n) is 50.8. The molecule has 698 valence electrons. The van der Waals surface area contributed by atoms with Crippen molar-refractivity contribution in [3.8, 4) is 67.5 Å². The maximum atomic E-state index is 15.1. The number of carbonyl (C=O) groups excluding carboxylic acids is 4. The first kappa shape index (κ1) is 102. The van der Waals surface area contributed by atoms with Crippen LogP contribution in [0.4, 0.5) is 19.2 Å². The molecule has 2 aliphatic heterocycles. The molecule has 8 bridgehead atoms. The molecule has 16 heteroatoms. The van der Waals surface area contributed by atoms with E-state index in [1.165, 1.54) is 0 Å². The van der Waals surface area contributed by atoms with E-state index in [4.69, 9.17) is 28.9 Å². The summed E-state index contributed by atoms with van der Waals surface area (Å²) >= 11 is 0. The van der Waals surface area contributed by atoms with Crippen molar-refractivity contribution in [2.75, 3.05) is 52.4 Å². The van der Waals surface area contributed by atoms with Gasteiger partial charge < -0.3 is 48.5 Å². The molecule has 16 nitrogen and oxygen atoms in total. The van der Waals surface area contributed by atoms with Crippen molar-refractivity contribution in [3.05, 3.63) is 144 Å². The second kappa shape index (κ2) is 54.9. The molecule has 0 aliphatic carbocycles. The minimum atomic E-state index is -0.351. The Hall–Kier alpha value is -9.44. The molecule has 0 fully saturated rings. The van der Waals surface area contributed by atoms with Gasteiger partial charge in [-0.2, -0.15) is 0 Å². The van der Waals surface area contributed by atoms with Crippen LogP contribution in [0.25, 0.3) is 90.9 Å². The molecular weight excluding hydrogens is 1590 g/mol. The zero-order valence-corrected chi connectivity index (χ0v) is 81.7. The third kappa shape index (κ3) is 30.3. The minimum absolute atomic E-state index is 0.341. The average molecular weight is 1750 g/mol. The van der Waals surface area contributed by atoms with Crippen molar-refractivity contribution in [3.63, 3.8) is 0 Å². The third-order valence-electron chi connectivity index (χ3n) is 27.3. The highest BCUT2D eigenvalue weighted by Crippen LogP contribution is 2.42. The number of fused-ring (bicyclic) bond motifs is 8. The van der Waals surface area contributed by atoms with Crippen LogP contribution in [0, 0.1) is 47.3 Å². The fourth-order valence-electron chi connectivity index (χ4n) is 18.7. The van der Waals surface area contributed by atoms with Gasteiger partial charge >= 0.3 is 24.4 Å². The quantitative estimate of drug-likeness (QED) is 0.0373. The van der Waals surface area contributed by atoms with Crippen LogP contribution < -0.4 is 18.9 Å². The number of nitrogens with zero attached hydrogens (tertiary/aromatic N) is 6. The number of benzene rings is 4. The number of aromatic amines is 2. The van der Waals surface area contributed by atoms with Crippen LogP contribution in [0.5, 0.6) is 23.0 Å². The molecule has 8 unspecified atom stereocenters. The van der Waals surface area contributed by atoms with E-state index in [-0.39, 0.29) is 24.4 Å². The number of carbonyl (C=O) groups is 4. The first-order valence-corrected chi connectivity index (χ1v) is 50.8. The van der Waals surface area contributed by atoms with Crippen LogP contribution in [0.2, 0.25) is 0 Å². The molecule has 5 heterocycles. The molecule has 0 spiro atoms. The van der Waals surface area contributed by atoms with Gasteiger partial charge in [0.05, 0.1) is 22.8 Å². The summed E-state index contributed by atoms with van der Waals surface area (Å²) in [5.74, 6) is 4.39. The lowest BCUT2D eigenvalue weighted by atomic mass is 9.96. The van der Waals surface area contributed by atoms with Crippen LogP contribution in [0.1, 0.15) is 339 Å². The Balaban J connectivity index is 1.33. The molecule has 3 aromatic heterocycles. The van der Waals surface area contributed by atoms with E-state index in [2.05, 4.69) is 194 Å². The standard InChI is InChI=1S/C112H162N8O8/c1-17-33-45-81(25-9)73-117(74-82(26-10)46-34-18-2)109(121)125-93-57-41-53-89(69-93)105-97-61-63-99(113-97)106(90-54-42-58-94(70-90)126-110(122)118(75-83(27-11)47-35-19-3)76-84(28-12)48-36-20-4)101-65-67-103(115-101)108(92-56-44-60-96(72-92)128-112(124)120(79-87(31-15)51-39-23-7)80-88(32-16)52-40-24-8)104-68-66-102(116-104)107(100-64-62-98(105)114-100)91-55-43-59-95(71-91)127-111(123)119(77-85(29-13)49-37-21-5)78-86(30-14)50-38-22-6/h41-44,53-72,81-88,113,116H,17-40,45-52,73-80H2,1-16H3. The van der Waals surface area contributed by atoms with Gasteiger partial charge in [0.1, 0.15) is 23.0 Å². The van der Waals surface area contributed by atoms with E-state index < -0.39 is 0 Å². The fourth-order valence-corrected chi connectivity index (χ4v) is 18.7. The summed E-state index contributed by atoms with van der Waals surface area (Å²) in [4.78, 5) is 88.0. The molecular formula is C112H162N8O8. The van der Waals surface area contributed by atoms with Crippen molar-refractivity contribution >= 4 is 70.7 Å². The van der Waals surface area contributed by atoms with E-state index >= 15 is 19.2 Å². The van der Waals surface area contributed by atoms with E-state index in [1.54, 1.807) is 0 Å². The van der Waals surface area contributed by atoms with Gasteiger partial charge in [0.15, 0.2) is 0 Å². The molecule has 2 N–H and O–H groups in total. The second-order valence-corrected chi connectivity index (χ2v) is 37.0. The molecule has 8 atom stereocenters. The van der Waals surface area contributed by atoms with Crippen molar-refractivity contribution in [2.45, 2.75) is 316 Å². The van der Waals surface area contributed by atoms with Crippen molar-refractivity contribution in [2.24, 2.45) is 47.3 Å². The van der Waals surface area contributed by atoms with Crippen LogP contribution in [-0.4, -0.2) is 116 Å². The number of hydrogen-bond acceptors (Lipinski definition) is 10. The van der Waals surface area contributed by atoms with Crippen molar-refractivity contribution in [1.82, 2.24) is 39.5 Å². The minimum Gasteiger partial charge on any atom is -0.410 e. The van der Waals surface area contributed by atoms with Crippen LogP contribution >= 0.6 is 0 Å². The van der Waals surface area contributed by atoms with Gasteiger partial charge in [-0.05, 0) is 218 Å². The van der Waals surface area contributed by atoms with Crippen molar-refractivity contribution < 1.29 is 38.1 Å². The Labute approximate surface area is 771 Å². The SMILES string of the molecule is CCCCC(CC)CN(CC(CC)CCCC)C(=O)Oc1cccc(-c2c3nc(c(-c4cccc(OC(=O)N(CC(CC)CCCC)CC(CC)CCCC)c4)c4ccc([nH]4)c(-c4cccc(OC(=O)N(CC(CC)CCCC)CC(CC)CCCC)c4)c4nc(c(-c5cccc(OC(=O)N(CC(CC)CCCC)CC(CC)CCCC)c5)c5ccc2[nH]5)C=C4)C=C3)c1. The summed E-state index contributed by atoms with van der Waals surface area (Å²) in [6, 6.07) is 39.8. The smallest absolute Gasteiger partial charge is 0.410 e. The maximum Gasteiger partial charge on any atom is 0.415 e. The molecule has 4 aromatic carbocycles. The number of ether oxygens (including phenoxy) is 4. The number of amides is 4. The van der Waals surface area contributed by atoms with Gasteiger partial charge in [0.2, 0.25) is 0 Å². The van der Waals surface area contributed by atoms with E-state index in [9.17, 15) is 0 Å². The fraction of sp³-hybridized carbons (Fsp3) is 0.571. The van der Waals surface area contributed by atoms with E-state index in [0.29, 0.717) is 145 Å². The maximum absolute atomic E-state index is 15.1. The topological polar surface area (TPSA) is 176 Å². The Morgan fingerprint density at radius 2 is 0.430 bits per heavy atom. The molecule has 0 radical (unpaired) electrons. The zero-order chi connectivity index (χ0) is 91.7. The summed E-state index contributed by atoms with van der Waals surface area (Å²) in [5.41, 5.74) is 11.5. The van der Waals surface area contributed by atoms with E-state index in [1.807, 2.05) is 92.4 Å². The van der Waals surface area contributed by atoms with Gasteiger partial charge in [-0.1, -0.05) is 313 Å². The zero-order valence-electron chi connectivity index (χ0n) is 81.7. The molecule has 7 aromatic rings. The summed E-state index contributed by atoms with van der Waals surface area (Å²) in [6.45, 7) is 40.8. The highest BCUT2D eigenvalue weighted by Gasteiger charge is 2.31. The summed E-state index contributed by atoms with van der Waals surface area (Å²) < 4.78 is 26.7. The number of aromatic nitrogens is 4. The predicted molar refractivity (Wildman–Crippen MR) is 537 cm³/mol. The first-order chi connectivity index (χ1) is 62.4. The lowest BCUT2D eigenvalue weighted by molar-refractivity contribution is 0.129. The number of unbranched alkanes of at least 4 members (excludes halogenated alkanes) is 8. The largest absolute Gasteiger partial charge is 0.415 e. The molecule has 128 heavy (non-hydrogen) atoms. The Kier molecular flexibility index (Phi) is 43.9. The van der Waals surface area contributed by atoms with Crippen LogP contribution in [-0.2, 0) is 0 Å². The predicted octanol–water partition coefficient (Wildman–Crippen LogP) is 32.3. The highest BCUT2D eigenvalue weighted by molar-refractivity contribution is 6.00. The monoisotopic (exact) mass is 1750 g/mol. The highest BCUT2D eigenvalue weighted by atomic mass is 16.6. The average Bonchev–Trinajstić information content (AvgIpc) is 1.61. The van der Waals surface area contributed by atoms with Crippen LogP contribution in [0.3, 0.4) is 0 Å². The molecule has 4 amide bonds. The van der Waals surface area contributed by atoms with Gasteiger partial charge in [0.25, 0.3) is 0 Å². The second-order valence-electron chi connectivity index (χ2n) is 37.0. The van der Waals surface area contributed by atoms with Gasteiger partial charge in [-0.25, -0.2) is 29.1 Å². The number of hydrogen-bond donors (Lipinski definition) is 2. The Bertz CT molecular complexity index is 4130. The molecule has 0 saturated carbocycles. The summed E-state index contributed by atoms with van der Waals surface area (Å²) in [6.07, 6.45) is 40.5. The van der Waals surface area contributed by atoms with Gasteiger partial charge in [-0.3, -0.25) is 0 Å². The lowest BCUT2D eigenvalue weighted by Crippen LogP contribution is -2.40. The lowest BCUT2D eigenvalue weighted by Gasteiger charge is -2.30. The molecule has 9 rings (SSSR count). The normalized spacial score (nSPS) is 13.8. The Morgan fingerprint density at radius 1 is 0.258 bits per heavy atom.